The van der Waals surface area contributed by atoms with Gasteiger partial charge in [0.15, 0.2) is 0 Å². The molecule has 0 aliphatic heterocycles. The Kier molecular flexibility index (Phi) is 4.54. The van der Waals surface area contributed by atoms with Gasteiger partial charge < -0.3 is 5.32 Å². The first-order valence-electron chi connectivity index (χ1n) is 4.36. The van der Waals surface area contributed by atoms with E-state index in [4.69, 9.17) is 0 Å². The highest BCUT2D eigenvalue weighted by Crippen LogP contribution is 2.33. The summed E-state index contributed by atoms with van der Waals surface area (Å²) in [5, 5.41) is 2.50. The van der Waals surface area contributed by atoms with Crippen LogP contribution in [0.4, 0.5) is 18.9 Å². The molecule has 0 saturated carbocycles. The Balaban J connectivity index is 3.15. The quantitative estimate of drug-likeness (QED) is 0.804. The second kappa shape index (κ2) is 5.34. The molecule has 8 heteroatoms. The molecule has 1 aromatic heterocycles. The number of aryl methyl sites for hydroxylation is 1. The summed E-state index contributed by atoms with van der Waals surface area (Å²) in [6.45, 7) is 1.39. The lowest BCUT2D eigenvalue weighted by molar-refractivity contribution is -0.141. The van der Waals surface area contributed by atoms with Gasteiger partial charge in [-0.05, 0) is 28.9 Å². The van der Waals surface area contributed by atoms with Crippen molar-refractivity contribution in [2.24, 2.45) is 0 Å². The summed E-state index contributed by atoms with van der Waals surface area (Å²) in [7, 11) is 0. The van der Waals surface area contributed by atoms with Crippen LogP contribution in [0, 0.1) is 6.92 Å². The Bertz CT molecular complexity index is 425. The van der Waals surface area contributed by atoms with Crippen molar-refractivity contribution in [2.45, 2.75) is 13.1 Å². The highest BCUT2D eigenvalue weighted by atomic mass is 79.9. The summed E-state index contributed by atoms with van der Waals surface area (Å²) < 4.78 is 37.4. The van der Waals surface area contributed by atoms with Gasteiger partial charge in [-0.2, -0.15) is 13.2 Å². The molecule has 1 heterocycles. The molecule has 1 amide bonds. The first-order valence-corrected chi connectivity index (χ1v) is 6.27. The van der Waals surface area contributed by atoms with Crippen molar-refractivity contribution in [1.82, 2.24) is 4.98 Å². The van der Waals surface area contributed by atoms with Crippen LogP contribution >= 0.6 is 31.9 Å². The largest absolute Gasteiger partial charge is 0.433 e. The third kappa shape index (κ3) is 3.67. The number of aromatic nitrogens is 1. The lowest BCUT2D eigenvalue weighted by atomic mass is 10.2. The number of rotatable bonds is 2. The molecule has 0 spiro atoms. The molecule has 0 radical (unpaired) electrons. The van der Waals surface area contributed by atoms with Gasteiger partial charge >= 0.3 is 6.18 Å². The molecular formula is C9H7Br2F3N2O. The minimum absolute atomic E-state index is 0.0555. The highest BCUT2D eigenvalue weighted by molar-refractivity contribution is 9.10. The number of nitrogens with zero attached hydrogens (tertiary/aromatic N) is 1. The van der Waals surface area contributed by atoms with E-state index in [9.17, 15) is 18.0 Å². The maximum Gasteiger partial charge on any atom is 0.433 e. The number of nitrogens with one attached hydrogen (secondary N) is 1. The fourth-order valence-electron chi connectivity index (χ4n) is 1.10. The average Bonchev–Trinajstić information content (AvgIpc) is 2.21. The van der Waals surface area contributed by atoms with Gasteiger partial charge in [-0.3, -0.25) is 4.79 Å². The fourth-order valence-corrected chi connectivity index (χ4v) is 1.85. The number of anilines is 1. The Hall–Kier alpha value is -0.630. The Morgan fingerprint density at radius 2 is 2.12 bits per heavy atom. The van der Waals surface area contributed by atoms with Crippen LogP contribution < -0.4 is 5.32 Å². The molecular weight excluding hydrogens is 369 g/mol. The van der Waals surface area contributed by atoms with E-state index in [1.54, 1.807) is 0 Å². The van der Waals surface area contributed by atoms with Gasteiger partial charge in [-0.25, -0.2) is 4.98 Å². The standard InChI is InChI=1S/C9H7Br2F3N2O/c1-4-8(16-7(17)3-10)5(11)2-6(15-4)9(12,13)14/h2H,3H2,1H3,(H,16,17). The second-order valence-corrected chi connectivity index (χ2v) is 4.54. The molecule has 1 rings (SSSR count). The number of carbonyl (C=O) groups excluding carboxylic acids is 1. The van der Waals surface area contributed by atoms with E-state index in [0.29, 0.717) is 0 Å². The van der Waals surface area contributed by atoms with Gasteiger partial charge in [-0.15, -0.1) is 0 Å². The van der Waals surface area contributed by atoms with Crippen molar-refractivity contribution in [3.05, 3.63) is 21.9 Å². The van der Waals surface area contributed by atoms with Gasteiger partial charge in [0.25, 0.3) is 0 Å². The van der Waals surface area contributed by atoms with Gasteiger partial charge in [-0.1, -0.05) is 15.9 Å². The van der Waals surface area contributed by atoms with E-state index in [-0.39, 0.29) is 27.1 Å². The molecule has 0 bridgehead atoms. The molecule has 0 fully saturated rings. The molecule has 0 aliphatic carbocycles. The van der Waals surface area contributed by atoms with Crippen LogP contribution in [0.3, 0.4) is 0 Å². The third-order valence-corrected chi connectivity index (χ3v) is 2.96. The van der Waals surface area contributed by atoms with Gasteiger partial charge in [0.1, 0.15) is 5.69 Å². The van der Waals surface area contributed by atoms with E-state index in [1.807, 2.05) is 0 Å². The maximum atomic E-state index is 12.4. The zero-order valence-electron chi connectivity index (χ0n) is 8.53. The summed E-state index contributed by atoms with van der Waals surface area (Å²) in [4.78, 5) is 14.5. The Labute approximate surface area is 112 Å². The van der Waals surface area contributed by atoms with Crippen molar-refractivity contribution < 1.29 is 18.0 Å². The molecule has 0 saturated heterocycles. The molecule has 0 aliphatic rings. The number of carbonyl (C=O) groups is 1. The monoisotopic (exact) mass is 374 g/mol. The van der Waals surface area contributed by atoms with Crippen LogP contribution in [-0.4, -0.2) is 16.2 Å². The summed E-state index contributed by atoms with van der Waals surface area (Å²) in [6.07, 6.45) is -4.51. The summed E-state index contributed by atoms with van der Waals surface area (Å²) in [5.41, 5.74) is -0.665. The third-order valence-electron chi connectivity index (χ3n) is 1.83. The molecule has 0 unspecified atom stereocenters. The molecule has 94 valence electrons. The van der Waals surface area contributed by atoms with Crippen LogP contribution in [0.2, 0.25) is 0 Å². The van der Waals surface area contributed by atoms with Gasteiger partial charge in [0.05, 0.1) is 16.7 Å². The van der Waals surface area contributed by atoms with Crippen LogP contribution in [-0.2, 0) is 11.0 Å². The van der Waals surface area contributed by atoms with E-state index >= 15 is 0 Å². The van der Waals surface area contributed by atoms with Crippen molar-refractivity contribution >= 4 is 43.5 Å². The Morgan fingerprint density at radius 3 is 2.53 bits per heavy atom. The normalized spacial score (nSPS) is 11.4. The van der Waals surface area contributed by atoms with Crippen molar-refractivity contribution in [3.8, 4) is 0 Å². The number of halogens is 5. The molecule has 17 heavy (non-hydrogen) atoms. The molecule has 1 N–H and O–H groups in total. The fraction of sp³-hybridized carbons (Fsp3) is 0.333. The second-order valence-electron chi connectivity index (χ2n) is 3.13. The summed E-state index contributed by atoms with van der Waals surface area (Å²) in [5.74, 6) is -0.365. The van der Waals surface area contributed by atoms with Crippen molar-refractivity contribution in [1.29, 1.82) is 0 Å². The summed E-state index contributed by atoms with van der Waals surface area (Å²) in [6, 6.07) is 0.830. The minimum atomic E-state index is -4.51. The zero-order chi connectivity index (χ0) is 13.2. The van der Waals surface area contributed by atoms with E-state index in [1.165, 1.54) is 6.92 Å². The average molecular weight is 376 g/mol. The number of pyridine rings is 1. The minimum Gasteiger partial charge on any atom is -0.323 e. The lowest BCUT2D eigenvalue weighted by Gasteiger charge is -2.12. The van der Waals surface area contributed by atoms with Crippen LogP contribution in [0.5, 0.6) is 0 Å². The number of hydrogen-bond donors (Lipinski definition) is 1. The predicted octanol–water partition coefficient (Wildman–Crippen LogP) is 3.50. The molecule has 1 aromatic rings. The lowest BCUT2D eigenvalue weighted by Crippen LogP contribution is -2.16. The van der Waals surface area contributed by atoms with Crippen molar-refractivity contribution in [3.63, 3.8) is 0 Å². The van der Waals surface area contributed by atoms with Crippen LogP contribution in [0.1, 0.15) is 11.4 Å². The first-order chi connectivity index (χ1) is 7.75. The van der Waals surface area contributed by atoms with Gasteiger partial charge in [0.2, 0.25) is 5.91 Å². The van der Waals surface area contributed by atoms with Crippen LogP contribution in [0.15, 0.2) is 10.5 Å². The van der Waals surface area contributed by atoms with Gasteiger partial charge in [0, 0.05) is 4.47 Å². The zero-order valence-corrected chi connectivity index (χ0v) is 11.7. The smallest absolute Gasteiger partial charge is 0.323 e. The van der Waals surface area contributed by atoms with Crippen molar-refractivity contribution in [2.75, 3.05) is 10.6 Å². The number of alkyl halides is 4. The topological polar surface area (TPSA) is 42.0 Å². The summed E-state index contributed by atoms with van der Waals surface area (Å²) >= 11 is 5.92. The SMILES string of the molecule is Cc1nc(C(F)(F)F)cc(Br)c1NC(=O)CBr. The first kappa shape index (κ1) is 14.4. The Morgan fingerprint density at radius 1 is 1.53 bits per heavy atom. The van der Waals surface area contributed by atoms with E-state index < -0.39 is 11.9 Å². The molecule has 0 atom stereocenters. The predicted molar refractivity (Wildman–Crippen MR) is 64.1 cm³/mol. The number of hydrogen-bond acceptors (Lipinski definition) is 2. The molecule has 3 nitrogen and oxygen atoms in total. The highest BCUT2D eigenvalue weighted by Gasteiger charge is 2.33. The maximum absolute atomic E-state index is 12.4. The van der Waals surface area contributed by atoms with E-state index in [0.717, 1.165) is 6.07 Å². The molecule has 0 aromatic carbocycles. The van der Waals surface area contributed by atoms with E-state index in [2.05, 4.69) is 42.2 Å². The number of amides is 1. The van der Waals surface area contributed by atoms with Crippen LogP contribution in [0.25, 0.3) is 0 Å².